The molecule has 0 unspecified atom stereocenters. The van der Waals surface area contributed by atoms with Crippen molar-refractivity contribution in [3.63, 3.8) is 0 Å². The summed E-state index contributed by atoms with van der Waals surface area (Å²) in [7, 11) is 1.54. The Balaban J connectivity index is 1.83. The molecule has 1 N–H and O–H groups in total. The number of hydrogen-bond acceptors (Lipinski definition) is 4. The second kappa shape index (κ2) is 8.90. The lowest BCUT2D eigenvalue weighted by atomic mass is 9.97. The van der Waals surface area contributed by atoms with Crippen LogP contribution < -0.4 is 10.1 Å². The molecule has 0 fully saturated rings. The van der Waals surface area contributed by atoms with Crippen molar-refractivity contribution in [1.82, 2.24) is 4.90 Å². The van der Waals surface area contributed by atoms with Gasteiger partial charge in [-0.05, 0) is 55.7 Å². The number of rotatable bonds is 6. The summed E-state index contributed by atoms with van der Waals surface area (Å²) in [6.07, 6.45) is 0. The molecule has 5 nitrogen and oxygen atoms in total. The number of benzene rings is 3. The molecule has 2 amide bonds. The van der Waals surface area contributed by atoms with Gasteiger partial charge in [-0.25, -0.2) is 4.39 Å². The van der Waals surface area contributed by atoms with E-state index in [1.165, 1.54) is 6.07 Å². The second-order valence-electron chi connectivity index (χ2n) is 8.18. The number of halogens is 1. The number of amides is 2. The van der Waals surface area contributed by atoms with Gasteiger partial charge in [-0.2, -0.15) is 0 Å². The molecular formula is C27H25FN2O3. The molecule has 0 saturated heterocycles. The molecule has 0 aromatic heterocycles. The van der Waals surface area contributed by atoms with Crippen LogP contribution in [0, 0.1) is 26.6 Å². The first-order valence-corrected chi connectivity index (χ1v) is 10.6. The third-order valence-electron chi connectivity index (χ3n) is 5.72. The number of methoxy groups -OCH3 is 1. The van der Waals surface area contributed by atoms with E-state index in [-0.39, 0.29) is 23.4 Å². The zero-order valence-electron chi connectivity index (χ0n) is 19.0. The number of imide groups is 1. The summed E-state index contributed by atoms with van der Waals surface area (Å²) >= 11 is 0. The molecular weight excluding hydrogens is 419 g/mol. The van der Waals surface area contributed by atoms with Gasteiger partial charge in [0.15, 0.2) is 0 Å². The lowest BCUT2D eigenvalue weighted by molar-refractivity contribution is -0.137. The minimum atomic E-state index is -0.512. The molecule has 0 aliphatic carbocycles. The normalized spacial score (nSPS) is 13.7. The molecule has 1 aliphatic heterocycles. The van der Waals surface area contributed by atoms with E-state index in [0.29, 0.717) is 17.0 Å². The number of nitrogens with zero attached hydrogens (tertiary/aromatic N) is 1. The first-order chi connectivity index (χ1) is 15.8. The van der Waals surface area contributed by atoms with E-state index >= 15 is 0 Å². The van der Waals surface area contributed by atoms with Gasteiger partial charge < -0.3 is 10.1 Å². The van der Waals surface area contributed by atoms with Crippen LogP contribution in [0.5, 0.6) is 5.75 Å². The summed E-state index contributed by atoms with van der Waals surface area (Å²) in [4.78, 5) is 28.1. The number of ether oxygens (including phenoxy) is 1. The van der Waals surface area contributed by atoms with Crippen molar-refractivity contribution < 1.29 is 18.7 Å². The molecule has 0 spiro atoms. The van der Waals surface area contributed by atoms with Crippen LogP contribution in [-0.4, -0.2) is 23.8 Å². The lowest BCUT2D eigenvalue weighted by Crippen LogP contribution is -2.32. The van der Waals surface area contributed by atoms with Gasteiger partial charge in [-0.15, -0.1) is 0 Å². The molecule has 0 bridgehead atoms. The summed E-state index contributed by atoms with van der Waals surface area (Å²) in [5.41, 5.74) is 4.79. The number of hydrogen-bond donors (Lipinski definition) is 1. The second-order valence-corrected chi connectivity index (χ2v) is 8.18. The van der Waals surface area contributed by atoms with Crippen LogP contribution in [0.2, 0.25) is 0 Å². The van der Waals surface area contributed by atoms with E-state index in [4.69, 9.17) is 4.74 Å². The Morgan fingerprint density at radius 2 is 1.61 bits per heavy atom. The van der Waals surface area contributed by atoms with E-state index in [2.05, 4.69) is 5.32 Å². The van der Waals surface area contributed by atoms with Crippen molar-refractivity contribution in [2.45, 2.75) is 27.3 Å². The number of anilines is 1. The highest BCUT2D eigenvalue weighted by Gasteiger charge is 2.40. The molecule has 33 heavy (non-hydrogen) atoms. The third-order valence-corrected chi connectivity index (χ3v) is 5.72. The van der Waals surface area contributed by atoms with E-state index < -0.39 is 17.6 Å². The molecule has 6 heteroatoms. The van der Waals surface area contributed by atoms with Gasteiger partial charge in [0.05, 0.1) is 24.9 Å². The topological polar surface area (TPSA) is 58.6 Å². The summed E-state index contributed by atoms with van der Waals surface area (Å²) in [6, 6.07) is 17.4. The van der Waals surface area contributed by atoms with Crippen LogP contribution in [0.3, 0.4) is 0 Å². The standard InChI is InChI=1S/C27H25FN2O3/c1-16-9-11-20(18(3)13-16)24-25(29-22-14-17(2)10-12-23(22)33-4)27(32)30(26(24)31)15-19-7-5-6-8-21(19)28/h5-14,29H,15H2,1-4H3. The fourth-order valence-electron chi connectivity index (χ4n) is 4.03. The van der Waals surface area contributed by atoms with Crippen molar-refractivity contribution in [2.24, 2.45) is 0 Å². The minimum absolute atomic E-state index is 0.146. The van der Waals surface area contributed by atoms with Crippen LogP contribution in [0.15, 0.2) is 66.4 Å². The smallest absolute Gasteiger partial charge is 0.278 e. The van der Waals surface area contributed by atoms with Crippen LogP contribution in [0.4, 0.5) is 10.1 Å². The number of aryl methyl sites for hydroxylation is 3. The molecule has 1 aliphatic rings. The van der Waals surface area contributed by atoms with Gasteiger partial charge in [0.1, 0.15) is 17.3 Å². The van der Waals surface area contributed by atoms with Gasteiger partial charge in [0.2, 0.25) is 0 Å². The number of carbonyl (C=O) groups excluding carboxylic acids is 2. The Morgan fingerprint density at radius 1 is 0.909 bits per heavy atom. The summed E-state index contributed by atoms with van der Waals surface area (Å²) in [5.74, 6) is -0.903. The van der Waals surface area contributed by atoms with E-state index in [1.807, 2.05) is 51.1 Å². The first kappa shape index (κ1) is 22.3. The van der Waals surface area contributed by atoms with Crippen LogP contribution in [0.25, 0.3) is 5.57 Å². The molecule has 3 aromatic rings. The largest absolute Gasteiger partial charge is 0.495 e. The molecule has 0 saturated carbocycles. The maximum atomic E-state index is 14.3. The fraction of sp³-hybridized carbons (Fsp3) is 0.185. The van der Waals surface area contributed by atoms with Crippen molar-refractivity contribution >= 4 is 23.1 Å². The highest BCUT2D eigenvalue weighted by molar-refractivity contribution is 6.36. The molecule has 0 radical (unpaired) electrons. The third kappa shape index (κ3) is 4.24. The summed E-state index contributed by atoms with van der Waals surface area (Å²) in [6.45, 7) is 5.64. The maximum Gasteiger partial charge on any atom is 0.278 e. The monoisotopic (exact) mass is 444 g/mol. The Labute approximate surface area is 192 Å². The summed E-state index contributed by atoms with van der Waals surface area (Å²) < 4.78 is 19.8. The maximum absolute atomic E-state index is 14.3. The highest BCUT2D eigenvalue weighted by Crippen LogP contribution is 2.35. The molecule has 4 rings (SSSR count). The molecule has 1 heterocycles. The lowest BCUT2D eigenvalue weighted by Gasteiger charge is -2.16. The molecule has 0 atom stereocenters. The Morgan fingerprint density at radius 3 is 2.30 bits per heavy atom. The Kier molecular flexibility index (Phi) is 6.01. The Hall–Kier alpha value is -3.93. The fourth-order valence-corrected chi connectivity index (χ4v) is 4.03. The zero-order valence-corrected chi connectivity index (χ0v) is 19.0. The van der Waals surface area contributed by atoms with Crippen LogP contribution >= 0.6 is 0 Å². The number of nitrogens with one attached hydrogen (secondary N) is 1. The number of carbonyl (C=O) groups is 2. The van der Waals surface area contributed by atoms with Gasteiger partial charge in [0.25, 0.3) is 11.8 Å². The zero-order chi connectivity index (χ0) is 23.7. The van der Waals surface area contributed by atoms with E-state index in [0.717, 1.165) is 21.6 Å². The average Bonchev–Trinajstić information content (AvgIpc) is 3.00. The average molecular weight is 445 g/mol. The molecule has 3 aromatic carbocycles. The van der Waals surface area contributed by atoms with Crippen molar-refractivity contribution in [3.05, 3.63) is 100.0 Å². The minimum Gasteiger partial charge on any atom is -0.495 e. The van der Waals surface area contributed by atoms with Gasteiger partial charge >= 0.3 is 0 Å². The van der Waals surface area contributed by atoms with Gasteiger partial charge in [-0.1, -0.05) is 48.0 Å². The van der Waals surface area contributed by atoms with Gasteiger partial charge in [-0.3, -0.25) is 14.5 Å². The van der Waals surface area contributed by atoms with Crippen molar-refractivity contribution in [1.29, 1.82) is 0 Å². The van der Waals surface area contributed by atoms with E-state index in [9.17, 15) is 14.0 Å². The van der Waals surface area contributed by atoms with Crippen LogP contribution in [0.1, 0.15) is 27.8 Å². The quantitative estimate of drug-likeness (QED) is 0.534. The van der Waals surface area contributed by atoms with Gasteiger partial charge in [0, 0.05) is 5.56 Å². The van der Waals surface area contributed by atoms with E-state index in [1.54, 1.807) is 31.4 Å². The van der Waals surface area contributed by atoms with Crippen LogP contribution in [-0.2, 0) is 16.1 Å². The predicted molar refractivity (Wildman–Crippen MR) is 126 cm³/mol. The Bertz CT molecular complexity index is 1300. The van der Waals surface area contributed by atoms with Crippen molar-refractivity contribution in [2.75, 3.05) is 12.4 Å². The molecule has 168 valence electrons. The SMILES string of the molecule is COc1ccc(C)cc1NC1=C(c2ccc(C)cc2C)C(=O)N(Cc2ccccc2F)C1=O. The highest BCUT2D eigenvalue weighted by atomic mass is 19.1. The first-order valence-electron chi connectivity index (χ1n) is 10.6. The van der Waals surface area contributed by atoms with Crippen molar-refractivity contribution in [3.8, 4) is 5.75 Å². The summed E-state index contributed by atoms with van der Waals surface area (Å²) in [5, 5.41) is 3.15. The predicted octanol–water partition coefficient (Wildman–Crippen LogP) is 5.15.